The number of carbonyl (C=O) groups is 2. The highest BCUT2D eigenvalue weighted by molar-refractivity contribution is 7.89. The first-order valence-electron chi connectivity index (χ1n) is 14.6. The van der Waals surface area contributed by atoms with Crippen LogP contribution in [-0.4, -0.2) is 67.2 Å². The molecule has 9 nitrogen and oxygen atoms in total. The molecule has 0 radical (unpaired) electrons. The van der Waals surface area contributed by atoms with Crippen molar-refractivity contribution in [2.24, 2.45) is 5.10 Å². The summed E-state index contributed by atoms with van der Waals surface area (Å²) in [5.74, 6) is -1.28. The molecule has 3 atom stereocenters. The maximum absolute atomic E-state index is 13.5. The number of hydrogen-bond donors (Lipinski definition) is 0. The van der Waals surface area contributed by atoms with Gasteiger partial charge in [-0.05, 0) is 60.0 Å². The second kappa shape index (κ2) is 12.3. The first-order valence-corrected chi connectivity index (χ1v) is 16.0. The average Bonchev–Trinajstić information content (AvgIpc) is 3.49. The van der Waals surface area contributed by atoms with Gasteiger partial charge in [-0.15, -0.1) is 0 Å². The molecular weight excluding hydrogens is 578 g/mol. The van der Waals surface area contributed by atoms with E-state index in [-0.39, 0.29) is 41.8 Å². The minimum absolute atomic E-state index is 0.0205. The summed E-state index contributed by atoms with van der Waals surface area (Å²) in [5, 5.41) is 8.27. The van der Waals surface area contributed by atoms with Crippen molar-refractivity contribution in [2.45, 2.75) is 43.4 Å². The van der Waals surface area contributed by atoms with Crippen LogP contribution in [0.3, 0.4) is 0 Å². The maximum atomic E-state index is 13.5. The normalized spacial score (nSPS) is 20.8. The zero-order chi connectivity index (χ0) is 30.8. The van der Waals surface area contributed by atoms with Gasteiger partial charge in [0.05, 0.1) is 34.4 Å². The molecule has 1 saturated heterocycles. The molecule has 0 unspecified atom stereocenters. The lowest BCUT2D eigenvalue weighted by Gasteiger charge is -2.34. The van der Waals surface area contributed by atoms with Crippen molar-refractivity contribution in [3.05, 3.63) is 114 Å². The van der Waals surface area contributed by atoms with Crippen molar-refractivity contribution in [1.29, 1.82) is 0 Å². The zero-order valence-corrected chi connectivity index (χ0v) is 25.3. The molecule has 4 aromatic carbocycles. The molecule has 2 heterocycles. The minimum atomic E-state index is -3.86. The average molecular weight is 612 g/mol. The first kappa shape index (κ1) is 29.7. The predicted octanol–water partition coefficient (Wildman–Crippen LogP) is 5.17. The molecule has 0 aromatic heterocycles. The fraction of sp³-hybridized carbons (Fsp3) is 0.265. The third kappa shape index (κ3) is 6.14. The van der Waals surface area contributed by atoms with Gasteiger partial charge in [-0.25, -0.2) is 18.2 Å². The SMILES string of the molecule is C[C@@H]1CN(S(=O)(=O)c2cccc(C(=O)OCC(=O)N3N=C(c4ccc5ccccc5c4)C[C@@H]3c3ccccc3)c2)C[C@@H](C)O1. The number of hydrazone groups is 1. The molecule has 0 aliphatic carbocycles. The Morgan fingerprint density at radius 2 is 1.57 bits per heavy atom. The van der Waals surface area contributed by atoms with E-state index >= 15 is 0 Å². The quantitative estimate of drug-likeness (QED) is 0.267. The highest BCUT2D eigenvalue weighted by Gasteiger charge is 2.35. The van der Waals surface area contributed by atoms with Gasteiger partial charge >= 0.3 is 5.97 Å². The molecule has 0 spiro atoms. The van der Waals surface area contributed by atoms with Crippen molar-refractivity contribution < 1.29 is 27.5 Å². The van der Waals surface area contributed by atoms with E-state index in [1.165, 1.54) is 33.6 Å². The van der Waals surface area contributed by atoms with Crippen LogP contribution in [0.4, 0.5) is 0 Å². The number of morpholine rings is 1. The molecule has 1 fully saturated rings. The highest BCUT2D eigenvalue weighted by Crippen LogP contribution is 2.33. The smallest absolute Gasteiger partial charge is 0.338 e. The van der Waals surface area contributed by atoms with Crippen LogP contribution in [0.2, 0.25) is 0 Å². The van der Waals surface area contributed by atoms with E-state index in [2.05, 4.69) is 6.07 Å². The molecule has 1 amide bonds. The molecule has 226 valence electrons. The molecule has 0 saturated carbocycles. The number of esters is 1. The summed E-state index contributed by atoms with van der Waals surface area (Å²) in [6, 6.07) is 29.1. The first-order chi connectivity index (χ1) is 21.2. The lowest BCUT2D eigenvalue weighted by molar-refractivity contribution is -0.136. The topological polar surface area (TPSA) is 106 Å². The van der Waals surface area contributed by atoms with Crippen LogP contribution in [0.5, 0.6) is 0 Å². The molecule has 44 heavy (non-hydrogen) atoms. The Hall–Kier alpha value is -4.38. The summed E-state index contributed by atoms with van der Waals surface area (Å²) in [5.41, 5.74) is 2.62. The Kier molecular flexibility index (Phi) is 8.31. The van der Waals surface area contributed by atoms with Crippen LogP contribution in [-0.2, 0) is 24.3 Å². The predicted molar refractivity (Wildman–Crippen MR) is 167 cm³/mol. The second-order valence-electron chi connectivity index (χ2n) is 11.2. The van der Waals surface area contributed by atoms with E-state index in [0.29, 0.717) is 6.42 Å². The van der Waals surface area contributed by atoms with E-state index in [4.69, 9.17) is 14.6 Å². The van der Waals surface area contributed by atoms with E-state index in [0.717, 1.165) is 27.6 Å². The standard InChI is InChI=1S/C34H33N3O6S/c1-23-20-36(21-24(2)43-23)44(40,41)30-14-8-13-29(18-30)34(39)42-22-33(38)37-32(26-10-4-3-5-11-26)19-31(35-37)28-16-15-25-9-6-7-12-27(25)17-28/h3-18,23-24,32H,19-22H2,1-2H3/t23-,24-,32-/m1/s1. The fourth-order valence-electron chi connectivity index (χ4n) is 5.75. The Labute approximate surface area is 256 Å². The van der Waals surface area contributed by atoms with E-state index < -0.39 is 28.5 Å². The summed E-state index contributed by atoms with van der Waals surface area (Å²) >= 11 is 0. The van der Waals surface area contributed by atoms with Crippen LogP contribution in [0, 0.1) is 0 Å². The van der Waals surface area contributed by atoms with E-state index in [1.807, 2.05) is 80.6 Å². The molecule has 10 heteroatoms. The number of benzene rings is 4. The number of ether oxygens (including phenoxy) is 2. The van der Waals surface area contributed by atoms with Gasteiger partial charge in [0.1, 0.15) is 0 Å². The Morgan fingerprint density at radius 3 is 2.32 bits per heavy atom. The number of amides is 1. The molecule has 2 aliphatic heterocycles. The van der Waals surface area contributed by atoms with Gasteiger partial charge in [0.15, 0.2) is 6.61 Å². The largest absolute Gasteiger partial charge is 0.452 e. The van der Waals surface area contributed by atoms with Crippen LogP contribution < -0.4 is 0 Å². The van der Waals surface area contributed by atoms with Gasteiger partial charge in [-0.1, -0.05) is 72.8 Å². The lowest BCUT2D eigenvalue weighted by Crippen LogP contribution is -2.48. The lowest BCUT2D eigenvalue weighted by atomic mass is 9.97. The van der Waals surface area contributed by atoms with Crippen LogP contribution in [0.25, 0.3) is 10.8 Å². The molecule has 6 rings (SSSR count). The third-order valence-corrected chi connectivity index (χ3v) is 9.68. The molecule has 2 aliphatic rings. The van der Waals surface area contributed by atoms with Gasteiger partial charge in [-0.2, -0.15) is 9.41 Å². The maximum Gasteiger partial charge on any atom is 0.338 e. The van der Waals surface area contributed by atoms with Gasteiger partial charge < -0.3 is 9.47 Å². The van der Waals surface area contributed by atoms with Crippen LogP contribution in [0.1, 0.15) is 47.8 Å². The summed E-state index contributed by atoms with van der Waals surface area (Å²) in [7, 11) is -3.86. The number of nitrogens with zero attached hydrogens (tertiary/aromatic N) is 3. The number of carbonyl (C=O) groups excluding carboxylic acids is 2. The Balaban J connectivity index is 1.19. The second-order valence-corrected chi connectivity index (χ2v) is 13.1. The Morgan fingerprint density at radius 1 is 0.864 bits per heavy atom. The monoisotopic (exact) mass is 611 g/mol. The number of fused-ring (bicyclic) bond motifs is 1. The number of hydrogen-bond acceptors (Lipinski definition) is 7. The summed E-state index contributed by atoms with van der Waals surface area (Å²) < 4.78 is 39.1. The van der Waals surface area contributed by atoms with Crippen molar-refractivity contribution in [1.82, 2.24) is 9.31 Å². The van der Waals surface area contributed by atoms with E-state index in [9.17, 15) is 18.0 Å². The van der Waals surface area contributed by atoms with Crippen molar-refractivity contribution in [3.63, 3.8) is 0 Å². The summed E-state index contributed by atoms with van der Waals surface area (Å²) in [4.78, 5) is 26.5. The fourth-order valence-corrected chi connectivity index (χ4v) is 7.39. The van der Waals surface area contributed by atoms with Crippen molar-refractivity contribution in [2.75, 3.05) is 19.7 Å². The van der Waals surface area contributed by atoms with Crippen LogP contribution >= 0.6 is 0 Å². The molecule has 0 bridgehead atoms. The number of rotatable bonds is 7. The Bertz CT molecular complexity index is 1830. The van der Waals surface area contributed by atoms with Crippen LogP contribution in [0.15, 0.2) is 107 Å². The molecule has 0 N–H and O–H groups in total. The third-order valence-electron chi connectivity index (χ3n) is 7.85. The number of sulfonamides is 1. The van der Waals surface area contributed by atoms with Gasteiger partial charge in [0.2, 0.25) is 10.0 Å². The summed E-state index contributed by atoms with van der Waals surface area (Å²) in [6.45, 7) is 3.53. The minimum Gasteiger partial charge on any atom is -0.452 e. The molecular formula is C34H33N3O6S. The van der Waals surface area contributed by atoms with E-state index in [1.54, 1.807) is 0 Å². The zero-order valence-electron chi connectivity index (χ0n) is 24.5. The highest BCUT2D eigenvalue weighted by atomic mass is 32.2. The van der Waals surface area contributed by atoms with Crippen molar-refractivity contribution >= 4 is 38.4 Å². The van der Waals surface area contributed by atoms with Gasteiger partial charge in [0, 0.05) is 19.5 Å². The van der Waals surface area contributed by atoms with Gasteiger partial charge in [-0.3, -0.25) is 4.79 Å². The summed E-state index contributed by atoms with van der Waals surface area (Å²) in [6.07, 6.45) is 0.00515. The van der Waals surface area contributed by atoms with Gasteiger partial charge in [0.25, 0.3) is 5.91 Å². The molecule has 4 aromatic rings. The van der Waals surface area contributed by atoms with Crippen molar-refractivity contribution in [3.8, 4) is 0 Å².